The average molecular weight is 824 g/mol. The third kappa shape index (κ3) is 36.7. The molecule has 7 nitrogen and oxygen atoms in total. The van der Waals surface area contributed by atoms with Crippen molar-refractivity contribution in [3.05, 3.63) is 0 Å². The molecule has 0 radical (unpaired) electrons. The van der Waals surface area contributed by atoms with Crippen molar-refractivity contribution in [3.63, 3.8) is 0 Å². The van der Waals surface area contributed by atoms with E-state index < -0.39 is 6.10 Å². The Balaban J connectivity index is 4.47. The lowest BCUT2D eigenvalue weighted by Crippen LogP contribution is -2.34. The number of ether oxygens (including phenoxy) is 2. The fraction of sp³-hybridized carbons (Fsp3) is 0.961. The maximum Gasteiger partial charge on any atom is 0.305 e. The summed E-state index contributed by atoms with van der Waals surface area (Å²) in [6.45, 7) is 15.2. The second-order valence-corrected chi connectivity index (χ2v) is 18.0. The number of rotatable bonds is 46. The van der Waals surface area contributed by atoms with E-state index in [4.69, 9.17) is 9.47 Å². The van der Waals surface area contributed by atoms with Crippen LogP contribution in [0.5, 0.6) is 0 Å². The highest BCUT2D eigenvalue weighted by atomic mass is 16.5. The van der Waals surface area contributed by atoms with Crippen molar-refractivity contribution in [1.29, 1.82) is 0 Å². The lowest BCUT2D eigenvalue weighted by Gasteiger charge is -2.27. The van der Waals surface area contributed by atoms with Crippen LogP contribution in [0.1, 0.15) is 253 Å². The van der Waals surface area contributed by atoms with Gasteiger partial charge in [0, 0.05) is 26.0 Å². The molecule has 0 aromatic rings. The number of hydrogen-bond donors (Lipinski definition) is 2. The SMILES string of the molecule is CCCCCCCC(CCCCC)CCOC(=O)CCCCC(O)CN(CCCCCO)CCCCCCC(=O)OCCC(CCC)C(CCCC)CCCCCC. The number of nitrogens with zero attached hydrogens (tertiary/aromatic N) is 1. The summed E-state index contributed by atoms with van der Waals surface area (Å²) in [4.78, 5) is 27.5. The summed E-state index contributed by atoms with van der Waals surface area (Å²) >= 11 is 0. The highest BCUT2D eigenvalue weighted by Crippen LogP contribution is 2.31. The molecule has 0 aromatic heterocycles. The number of esters is 2. The topological polar surface area (TPSA) is 96.3 Å². The molecule has 7 heteroatoms. The molecule has 0 bridgehead atoms. The first-order valence-electron chi connectivity index (χ1n) is 25.7. The Morgan fingerprint density at radius 3 is 1.52 bits per heavy atom. The largest absolute Gasteiger partial charge is 0.466 e. The van der Waals surface area contributed by atoms with Gasteiger partial charge in [-0.25, -0.2) is 0 Å². The molecule has 0 saturated carbocycles. The fourth-order valence-electron chi connectivity index (χ4n) is 8.78. The van der Waals surface area contributed by atoms with Crippen LogP contribution in [0.15, 0.2) is 0 Å². The minimum atomic E-state index is -0.412. The van der Waals surface area contributed by atoms with Crippen molar-refractivity contribution in [3.8, 4) is 0 Å². The van der Waals surface area contributed by atoms with Crippen molar-refractivity contribution in [1.82, 2.24) is 4.90 Å². The average Bonchev–Trinajstić information content (AvgIpc) is 3.21. The minimum Gasteiger partial charge on any atom is -0.466 e. The lowest BCUT2D eigenvalue weighted by molar-refractivity contribution is -0.145. The van der Waals surface area contributed by atoms with Crippen LogP contribution >= 0.6 is 0 Å². The predicted octanol–water partition coefficient (Wildman–Crippen LogP) is 13.9. The summed E-state index contributed by atoms with van der Waals surface area (Å²) in [5.41, 5.74) is 0. The summed E-state index contributed by atoms with van der Waals surface area (Å²) in [5.74, 6) is 1.97. The van der Waals surface area contributed by atoms with Crippen molar-refractivity contribution < 1.29 is 29.3 Å². The molecule has 0 heterocycles. The standard InChI is InChI=1S/C51H101NO6/c1-6-11-15-17-22-32-46(31-21-13-8-3)38-43-57-51(56)37-26-25-35-49(54)45-52(41-28-20-29-42-53)40-27-19-18-24-36-50(55)58-44-39-47(30-10-5)48(33-14-9-4)34-23-16-12-7-2/h46-49,53-54H,6-45H2,1-5H3. The van der Waals surface area contributed by atoms with Gasteiger partial charge < -0.3 is 24.6 Å². The number of aliphatic hydroxyl groups excluding tert-OH is 2. The van der Waals surface area contributed by atoms with Crippen molar-refractivity contribution in [2.24, 2.45) is 17.8 Å². The highest BCUT2D eigenvalue weighted by molar-refractivity contribution is 5.69. The molecule has 0 aromatic carbocycles. The molecule has 0 fully saturated rings. The molecule has 0 aliphatic rings. The summed E-state index contributed by atoms with van der Waals surface area (Å²) in [6.07, 6.45) is 37.4. The first kappa shape index (κ1) is 56.8. The molecule has 0 saturated heterocycles. The van der Waals surface area contributed by atoms with Gasteiger partial charge in [-0.05, 0) is 88.6 Å². The van der Waals surface area contributed by atoms with Gasteiger partial charge in [0.25, 0.3) is 0 Å². The second-order valence-electron chi connectivity index (χ2n) is 18.0. The van der Waals surface area contributed by atoms with Crippen molar-refractivity contribution >= 4 is 11.9 Å². The van der Waals surface area contributed by atoms with Crippen LogP contribution in [0.25, 0.3) is 0 Å². The van der Waals surface area contributed by atoms with Crippen LogP contribution in [0, 0.1) is 17.8 Å². The first-order valence-corrected chi connectivity index (χ1v) is 25.7. The van der Waals surface area contributed by atoms with Gasteiger partial charge >= 0.3 is 11.9 Å². The van der Waals surface area contributed by atoms with E-state index in [1.807, 2.05) is 0 Å². The quantitative estimate of drug-likeness (QED) is 0.0466. The van der Waals surface area contributed by atoms with Gasteiger partial charge in [0.15, 0.2) is 0 Å². The summed E-state index contributed by atoms with van der Waals surface area (Å²) in [5, 5.41) is 20.1. The fourth-order valence-corrected chi connectivity index (χ4v) is 8.78. The van der Waals surface area contributed by atoms with E-state index in [1.54, 1.807) is 0 Å². The Labute approximate surface area is 361 Å². The van der Waals surface area contributed by atoms with Crippen LogP contribution in [0.3, 0.4) is 0 Å². The van der Waals surface area contributed by atoms with E-state index >= 15 is 0 Å². The number of unbranched alkanes of at least 4 members (excludes halogenated alkanes) is 16. The molecule has 346 valence electrons. The normalized spacial score (nSPS) is 13.8. The van der Waals surface area contributed by atoms with Gasteiger partial charge in [-0.2, -0.15) is 0 Å². The molecular weight excluding hydrogens is 723 g/mol. The summed E-state index contributed by atoms with van der Waals surface area (Å²) in [7, 11) is 0. The predicted molar refractivity (Wildman–Crippen MR) is 247 cm³/mol. The Kier molecular flexibility index (Phi) is 43.0. The van der Waals surface area contributed by atoms with E-state index in [9.17, 15) is 19.8 Å². The van der Waals surface area contributed by atoms with Crippen LogP contribution in [-0.2, 0) is 19.1 Å². The van der Waals surface area contributed by atoms with Gasteiger partial charge in [0.1, 0.15) is 0 Å². The summed E-state index contributed by atoms with van der Waals surface area (Å²) in [6, 6.07) is 0. The molecular formula is C51H101NO6. The van der Waals surface area contributed by atoms with Crippen LogP contribution in [0.2, 0.25) is 0 Å². The first-order chi connectivity index (χ1) is 28.3. The Morgan fingerprint density at radius 2 is 0.897 bits per heavy atom. The maximum absolute atomic E-state index is 12.6. The van der Waals surface area contributed by atoms with Gasteiger partial charge in [-0.3, -0.25) is 9.59 Å². The van der Waals surface area contributed by atoms with E-state index in [0.717, 1.165) is 89.6 Å². The second kappa shape index (κ2) is 43.9. The van der Waals surface area contributed by atoms with E-state index in [2.05, 4.69) is 39.5 Å². The lowest BCUT2D eigenvalue weighted by atomic mass is 9.79. The van der Waals surface area contributed by atoms with Gasteiger partial charge in [0.2, 0.25) is 0 Å². The Morgan fingerprint density at radius 1 is 0.448 bits per heavy atom. The molecule has 4 unspecified atom stereocenters. The molecule has 0 spiro atoms. The van der Waals surface area contributed by atoms with Gasteiger partial charge in [0.05, 0.1) is 19.3 Å². The minimum absolute atomic E-state index is 0.0415. The molecule has 0 aliphatic carbocycles. The monoisotopic (exact) mass is 824 g/mol. The third-order valence-corrected chi connectivity index (χ3v) is 12.5. The molecule has 0 rings (SSSR count). The van der Waals surface area contributed by atoms with E-state index in [-0.39, 0.29) is 18.5 Å². The zero-order valence-corrected chi connectivity index (χ0v) is 39.6. The van der Waals surface area contributed by atoms with Gasteiger partial charge in [-0.1, -0.05) is 182 Å². The van der Waals surface area contributed by atoms with E-state index in [1.165, 1.54) is 128 Å². The Bertz CT molecular complexity index is 870. The van der Waals surface area contributed by atoms with E-state index in [0.29, 0.717) is 50.9 Å². The van der Waals surface area contributed by atoms with Gasteiger partial charge in [-0.15, -0.1) is 0 Å². The number of hydrogen-bond acceptors (Lipinski definition) is 7. The van der Waals surface area contributed by atoms with Crippen LogP contribution in [0.4, 0.5) is 0 Å². The highest BCUT2D eigenvalue weighted by Gasteiger charge is 2.21. The van der Waals surface area contributed by atoms with Crippen LogP contribution in [-0.4, -0.2) is 72.6 Å². The van der Waals surface area contributed by atoms with Crippen molar-refractivity contribution in [2.45, 2.75) is 259 Å². The van der Waals surface area contributed by atoms with Crippen LogP contribution < -0.4 is 0 Å². The zero-order valence-electron chi connectivity index (χ0n) is 39.6. The number of aliphatic hydroxyl groups is 2. The number of carbonyl (C=O) groups is 2. The molecule has 0 aliphatic heterocycles. The Hall–Kier alpha value is -1.18. The third-order valence-electron chi connectivity index (χ3n) is 12.5. The maximum atomic E-state index is 12.6. The molecule has 0 amide bonds. The molecule has 2 N–H and O–H groups in total. The molecule has 4 atom stereocenters. The summed E-state index contributed by atoms with van der Waals surface area (Å²) < 4.78 is 11.4. The van der Waals surface area contributed by atoms with Crippen molar-refractivity contribution in [2.75, 3.05) is 39.5 Å². The smallest absolute Gasteiger partial charge is 0.305 e. The molecule has 58 heavy (non-hydrogen) atoms. The zero-order chi connectivity index (χ0) is 42.7. The number of carbonyl (C=O) groups excluding carboxylic acids is 2.